The maximum Gasteiger partial charge on any atom is 0.387 e. The van der Waals surface area contributed by atoms with Gasteiger partial charge in [-0.1, -0.05) is 12.1 Å². The summed E-state index contributed by atoms with van der Waals surface area (Å²) in [5, 5.41) is 9.23. The van der Waals surface area contributed by atoms with Crippen LogP contribution in [-0.2, 0) is 9.53 Å². The van der Waals surface area contributed by atoms with E-state index < -0.39 is 12.5 Å². The van der Waals surface area contributed by atoms with Crippen LogP contribution in [-0.4, -0.2) is 25.6 Å². The topological polar surface area (TPSA) is 59.3 Å². The Morgan fingerprint density at radius 3 is 2.62 bits per heavy atom. The van der Waals surface area contributed by atoms with E-state index in [0.717, 1.165) is 6.42 Å². The number of benzene rings is 1. The van der Waals surface area contributed by atoms with Gasteiger partial charge in [-0.3, -0.25) is 4.79 Å². The first-order valence-corrected chi connectivity index (χ1v) is 6.67. The summed E-state index contributed by atoms with van der Waals surface area (Å²) in [5.41, 5.74) is 0.481. The number of nitrogens with zero attached hydrogens (tertiary/aromatic N) is 1. The van der Waals surface area contributed by atoms with E-state index in [9.17, 15) is 18.8 Å². The number of hydrogen-bond donors (Lipinski definition) is 0. The molecule has 1 aromatic rings. The van der Waals surface area contributed by atoms with Crippen molar-refractivity contribution in [2.75, 3.05) is 13.2 Å². The number of carbonyl (C=O) groups is 1. The number of Topliss-reactive ketones (excluding diaryl/α,β-unsaturated/α-hetero) is 1. The molecule has 1 aromatic carbocycles. The molecule has 21 heavy (non-hydrogen) atoms. The highest BCUT2D eigenvalue weighted by molar-refractivity contribution is 5.90. The molecule has 4 nitrogen and oxygen atoms in total. The van der Waals surface area contributed by atoms with Crippen molar-refractivity contribution in [1.82, 2.24) is 0 Å². The lowest BCUT2D eigenvalue weighted by Gasteiger charge is -2.22. The van der Waals surface area contributed by atoms with E-state index in [-0.39, 0.29) is 17.5 Å². The molecule has 1 saturated heterocycles. The minimum absolute atomic E-state index is 0.00103. The molecule has 112 valence electrons. The van der Waals surface area contributed by atoms with Gasteiger partial charge in [-0.05, 0) is 30.5 Å². The Morgan fingerprint density at radius 2 is 2.10 bits per heavy atom. The Balaban J connectivity index is 2.09. The number of carbonyl (C=O) groups excluding carboxylic acids is 1. The first-order chi connectivity index (χ1) is 10.1. The monoisotopic (exact) mass is 295 g/mol. The van der Waals surface area contributed by atoms with Crippen LogP contribution in [0.15, 0.2) is 24.3 Å². The lowest BCUT2D eigenvalue weighted by Crippen LogP contribution is -2.29. The number of ether oxygens (including phenoxy) is 2. The molecule has 0 amide bonds. The second kappa shape index (κ2) is 7.14. The van der Waals surface area contributed by atoms with Gasteiger partial charge in [0, 0.05) is 12.5 Å². The lowest BCUT2D eigenvalue weighted by molar-refractivity contribution is -0.127. The summed E-state index contributed by atoms with van der Waals surface area (Å²) < 4.78 is 33.6. The van der Waals surface area contributed by atoms with Crippen LogP contribution in [0.3, 0.4) is 0 Å². The number of nitriles is 1. The van der Waals surface area contributed by atoms with Crippen molar-refractivity contribution in [3.8, 4) is 11.8 Å². The zero-order valence-corrected chi connectivity index (χ0v) is 11.3. The first kappa shape index (κ1) is 15.4. The molecule has 0 radical (unpaired) electrons. The van der Waals surface area contributed by atoms with Crippen LogP contribution in [0.1, 0.15) is 24.3 Å². The lowest BCUT2D eigenvalue weighted by atomic mass is 9.85. The predicted molar refractivity (Wildman–Crippen MR) is 70.0 cm³/mol. The van der Waals surface area contributed by atoms with E-state index in [1.165, 1.54) is 24.3 Å². The van der Waals surface area contributed by atoms with Gasteiger partial charge in [-0.15, -0.1) is 0 Å². The zero-order chi connectivity index (χ0) is 15.2. The molecule has 1 aliphatic rings. The van der Waals surface area contributed by atoms with Crippen LogP contribution in [0.25, 0.3) is 0 Å². The summed E-state index contributed by atoms with van der Waals surface area (Å²) in [6, 6.07) is 7.57. The van der Waals surface area contributed by atoms with Crippen molar-refractivity contribution in [3.63, 3.8) is 0 Å². The summed E-state index contributed by atoms with van der Waals surface area (Å²) >= 11 is 0. The number of alkyl halides is 2. The summed E-state index contributed by atoms with van der Waals surface area (Å²) in [5.74, 6) is -1.36. The fraction of sp³-hybridized carbons (Fsp3) is 0.467. The van der Waals surface area contributed by atoms with Crippen LogP contribution in [0.4, 0.5) is 8.78 Å². The maximum absolute atomic E-state index is 12.3. The molecule has 1 heterocycles. The molecule has 0 spiro atoms. The molecule has 6 heteroatoms. The van der Waals surface area contributed by atoms with E-state index in [1.54, 1.807) is 0 Å². The van der Waals surface area contributed by atoms with Crippen LogP contribution in [0.2, 0.25) is 0 Å². The third kappa shape index (κ3) is 3.99. The number of hydrogen-bond acceptors (Lipinski definition) is 4. The quantitative estimate of drug-likeness (QED) is 0.838. The molecule has 2 rings (SSSR count). The van der Waals surface area contributed by atoms with Crippen molar-refractivity contribution in [3.05, 3.63) is 29.8 Å². The van der Waals surface area contributed by atoms with Gasteiger partial charge in [0.15, 0.2) is 5.78 Å². The van der Waals surface area contributed by atoms with Crippen molar-refractivity contribution >= 4 is 5.78 Å². The molecule has 0 bridgehead atoms. The summed E-state index contributed by atoms with van der Waals surface area (Å²) in [4.78, 5) is 12.3. The van der Waals surface area contributed by atoms with E-state index >= 15 is 0 Å². The highest BCUT2D eigenvalue weighted by Crippen LogP contribution is 2.26. The molecular weight excluding hydrogens is 280 g/mol. The zero-order valence-electron chi connectivity index (χ0n) is 11.3. The predicted octanol–water partition coefficient (Wildman–Crippen LogP) is 2.89. The third-order valence-electron chi connectivity index (χ3n) is 3.41. The second-order valence-corrected chi connectivity index (χ2v) is 4.83. The third-order valence-corrected chi connectivity index (χ3v) is 3.41. The smallest absolute Gasteiger partial charge is 0.387 e. The molecule has 0 aromatic heterocycles. The van der Waals surface area contributed by atoms with Crippen LogP contribution < -0.4 is 4.74 Å². The summed E-state index contributed by atoms with van der Waals surface area (Å²) in [6.45, 7) is -1.92. The van der Waals surface area contributed by atoms with Gasteiger partial charge in [-0.25, -0.2) is 0 Å². The minimum atomic E-state index is -2.90. The molecule has 0 aliphatic carbocycles. The number of ketones is 1. The minimum Gasteiger partial charge on any atom is -0.435 e. The van der Waals surface area contributed by atoms with Gasteiger partial charge in [0.05, 0.1) is 12.7 Å². The Labute approximate surface area is 121 Å². The van der Waals surface area contributed by atoms with Crippen molar-refractivity contribution in [2.45, 2.75) is 25.4 Å². The van der Waals surface area contributed by atoms with Gasteiger partial charge in [0.1, 0.15) is 11.7 Å². The van der Waals surface area contributed by atoms with Gasteiger partial charge >= 0.3 is 6.61 Å². The maximum atomic E-state index is 12.3. The largest absolute Gasteiger partial charge is 0.435 e. The van der Waals surface area contributed by atoms with Gasteiger partial charge in [0.25, 0.3) is 0 Å². The number of halogens is 2. The average molecular weight is 295 g/mol. The van der Waals surface area contributed by atoms with Crippen LogP contribution in [0.5, 0.6) is 5.75 Å². The summed E-state index contributed by atoms with van der Waals surface area (Å²) in [7, 11) is 0. The van der Waals surface area contributed by atoms with Crippen LogP contribution in [0, 0.1) is 17.2 Å². The van der Waals surface area contributed by atoms with Crippen LogP contribution >= 0.6 is 0 Å². The molecular formula is C15H15F2NO3. The standard InChI is InChI=1S/C15H15F2NO3/c16-15(17)21-12-5-3-10(4-6-12)13(8-18)14(19)11-2-1-7-20-9-11/h3-6,11,13,15H,1-2,7,9H2. The molecule has 2 unspecified atom stereocenters. The fourth-order valence-corrected chi connectivity index (χ4v) is 2.34. The summed E-state index contributed by atoms with van der Waals surface area (Å²) in [6.07, 6.45) is 1.51. The molecule has 2 atom stereocenters. The van der Waals surface area contributed by atoms with E-state index in [2.05, 4.69) is 4.74 Å². The Bertz CT molecular complexity index is 519. The van der Waals surface area contributed by atoms with E-state index in [1.807, 2.05) is 6.07 Å². The van der Waals surface area contributed by atoms with Crippen molar-refractivity contribution < 1.29 is 23.0 Å². The fourth-order valence-electron chi connectivity index (χ4n) is 2.34. The highest BCUT2D eigenvalue weighted by atomic mass is 19.3. The normalized spacial score (nSPS) is 19.8. The SMILES string of the molecule is N#CC(C(=O)C1CCCOC1)c1ccc(OC(F)F)cc1. The molecule has 1 fully saturated rings. The average Bonchev–Trinajstić information content (AvgIpc) is 2.50. The first-order valence-electron chi connectivity index (χ1n) is 6.67. The number of rotatable bonds is 5. The van der Waals surface area contributed by atoms with Crippen molar-refractivity contribution in [2.24, 2.45) is 5.92 Å². The van der Waals surface area contributed by atoms with E-state index in [4.69, 9.17) is 4.74 Å². The molecule has 1 aliphatic heterocycles. The van der Waals surface area contributed by atoms with Gasteiger partial charge in [0.2, 0.25) is 0 Å². The molecule has 0 saturated carbocycles. The Kier molecular flexibility index (Phi) is 5.23. The van der Waals surface area contributed by atoms with Crippen molar-refractivity contribution in [1.29, 1.82) is 5.26 Å². The Morgan fingerprint density at radius 1 is 1.38 bits per heavy atom. The van der Waals surface area contributed by atoms with Gasteiger partial charge in [-0.2, -0.15) is 14.0 Å². The Hall–Kier alpha value is -2.00. The second-order valence-electron chi connectivity index (χ2n) is 4.83. The highest BCUT2D eigenvalue weighted by Gasteiger charge is 2.29. The molecule has 0 N–H and O–H groups in total. The van der Waals surface area contributed by atoms with Gasteiger partial charge < -0.3 is 9.47 Å². The van der Waals surface area contributed by atoms with E-state index in [0.29, 0.717) is 25.2 Å².